The molecule has 2 aliphatic heterocycles. The number of hydrogen-bond donors (Lipinski definition) is 3. The lowest BCUT2D eigenvalue weighted by molar-refractivity contribution is -0.136. The highest BCUT2D eigenvalue weighted by Gasteiger charge is 2.25. The van der Waals surface area contributed by atoms with Gasteiger partial charge in [-0.05, 0) is 98.2 Å². The van der Waals surface area contributed by atoms with Crippen molar-refractivity contribution in [1.29, 1.82) is 0 Å². The number of nitrogens with one attached hydrogen (secondary N) is 1. The molecular formula is C44H50N12O5. The molecular weight excluding hydrogens is 777 g/mol. The highest BCUT2D eigenvalue weighted by Crippen LogP contribution is 2.26. The lowest BCUT2D eigenvalue weighted by Gasteiger charge is -2.17. The van der Waals surface area contributed by atoms with Crippen molar-refractivity contribution in [2.45, 2.75) is 38.5 Å². The van der Waals surface area contributed by atoms with Gasteiger partial charge in [0.1, 0.15) is 17.3 Å². The second-order valence-corrected chi connectivity index (χ2v) is 14.6. The molecule has 2 atom stereocenters. The van der Waals surface area contributed by atoms with Crippen molar-refractivity contribution in [3.05, 3.63) is 132 Å². The van der Waals surface area contributed by atoms with Gasteiger partial charge in [-0.1, -0.05) is 36.4 Å². The normalized spacial score (nSPS) is 15.4. The van der Waals surface area contributed by atoms with Crippen molar-refractivity contribution in [3.63, 3.8) is 0 Å². The number of ether oxygens (including phenoxy) is 2. The van der Waals surface area contributed by atoms with Gasteiger partial charge >= 0.3 is 5.97 Å². The molecule has 316 valence electrons. The van der Waals surface area contributed by atoms with Gasteiger partial charge in [0.05, 0.1) is 38.4 Å². The summed E-state index contributed by atoms with van der Waals surface area (Å²) in [5.74, 6) is 4.04. The van der Waals surface area contributed by atoms with Gasteiger partial charge in [0.25, 0.3) is 0 Å². The van der Waals surface area contributed by atoms with E-state index in [1.54, 1.807) is 49.8 Å². The molecule has 0 spiro atoms. The molecule has 1 amide bonds. The number of anilines is 4. The number of carboxylic acid groups (broad SMARTS) is 1. The Labute approximate surface area is 354 Å². The van der Waals surface area contributed by atoms with Crippen LogP contribution in [0.2, 0.25) is 0 Å². The Morgan fingerprint density at radius 1 is 0.656 bits per heavy atom. The summed E-state index contributed by atoms with van der Waals surface area (Å²) in [5.41, 5.74) is 9.15. The van der Waals surface area contributed by atoms with Gasteiger partial charge in [-0.3, -0.25) is 9.59 Å². The van der Waals surface area contributed by atoms with Crippen LogP contribution in [0.4, 0.5) is 23.3 Å². The van der Waals surface area contributed by atoms with E-state index in [1.165, 1.54) is 7.11 Å². The minimum absolute atomic E-state index is 0.00398. The molecule has 4 aromatic heterocycles. The zero-order valence-electron chi connectivity index (χ0n) is 34.2. The Balaban J connectivity index is 0.000000171. The first kappa shape index (κ1) is 43.3. The number of para-hydroxylation sites is 2. The number of methoxy groups -OCH3 is 2. The predicted molar refractivity (Wildman–Crippen MR) is 230 cm³/mol. The third-order valence-corrected chi connectivity index (χ3v) is 10.1. The Morgan fingerprint density at radius 2 is 1.18 bits per heavy atom. The average molecular weight is 827 g/mol. The summed E-state index contributed by atoms with van der Waals surface area (Å²) in [5, 5.41) is 44.0. The molecule has 2 fully saturated rings. The lowest BCUT2D eigenvalue weighted by atomic mass is 10.0. The maximum Gasteiger partial charge on any atom is 0.307 e. The van der Waals surface area contributed by atoms with Gasteiger partial charge in [0.15, 0.2) is 17.5 Å². The summed E-state index contributed by atoms with van der Waals surface area (Å²) in [6, 6.07) is 29.9. The van der Waals surface area contributed by atoms with E-state index in [2.05, 4.69) is 55.9 Å². The standard InChI is InChI=1S/C22H24N6O2.C13H16N6.C9H10O3/c1-30-19-7-3-2-5-17(19)14-22(29)24-20-8-9-21(27-26-20)28-12-10-16(15-28)13-18-6-4-11-23-25-18;14-12-3-4-13(18-17-12)19-7-5-10(9-19)8-11-2-1-6-15-16-11;1-12-8-5-3-2-4-7(8)6-9(10)11/h2-9,11,16H,10,12-15H2,1H3,(H,24,26,29);1-4,6,10H,5,7-9H2,(H2,14,17);2-5H,6H2,1H3,(H,10,11)/t16-;10-;/m00./s1. The molecule has 6 heterocycles. The van der Waals surface area contributed by atoms with Crippen LogP contribution < -0.4 is 30.3 Å². The number of nitrogens with two attached hydrogens (primary N) is 1. The second kappa shape index (κ2) is 22.2. The fourth-order valence-corrected chi connectivity index (χ4v) is 7.18. The molecule has 2 saturated heterocycles. The first-order valence-electron chi connectivity index (χ1n) is 20.0. The monoisotopic (exact) mass is 826 g/mol. The van der Waals surface area contributed by atoms with Gasteiger partial charge < -0.3 is 35.4 Å². The summed E-state index contributed by atoms with van der Waals surface area (Å²) < 4.78 is 10.3. The van der Waals surface area contributed by atoms with Crippen LogP contribution in [-0.2, 0) is 35.3 Å². The zero-order chi connectivity index (χ0) is 42.8. The van der Waals surface area contributed by atoms with Gasteiger partial charge in [0, 0.05) is 49.7 Å². The highest BCUT2D eigenvalue weighted by atomic mass is 16.5. The molecule has 0 unspecified atom stereocenters. The maximum absolute atomic E-state index is 12.4. The number of aliphatic carboxylic acids is 1. The number of carbonyl (C=O) groups excluding carboxylic acids is 1. The molecule has 6 aromatic rings. The number of carbonyl (C=O) groups is 2. The molecule has 0 radical (unpaired) electrons. The highest BCUT2D eigenvalue weighted by molar-refractivity contribution is 5.91. The Bertz CT molecular complexity index is 2270. The molecule has 2 aliphatic rings. The summed E-state index contributed by atoms with van der Waals surface area (Å²) in [6.45, 7) is 3.82. The summed E-state index contributed by atoms with van der Waals surface area (Å²) in [7, 11) is 3.12. The number of nitrogen functional groups attached to an aromatic ring is 1. The van der Waals surface area contributed by atoms with Gasteiger partial charge in [-0.25, -0.2) is 0 Å². The Kier molecular flexibility index (Phi) is 15.7. The van der Waals surface area contributed by atoms with Crippen molar-refractivity contribution >= 4 is 35.1 Å². The second-order valence-electron chi connectivity index (χ2n) is 14.6. The quantitative estimate of drug-likeness (QED) is 0.143. The van der Waals surface area contributed by atoms with Crippen LogP contribution >= 0.6 is 0 Å². The average Bonchev–Trinajstić information content (AvgIpc) is 3.96. The van der Waals surface area contributed by atoms with Crippen molar-refractivity contribution in [3.8, 4) is 11.5 Å². The number of aromatic nitrogens is 8. The molecule has 17 heteroatoms. The minimum atomic E-state index is -0.848. The molecule has 0 aliphatic carbocycles. The molecule has 0 bridgehead atoms. The van der Waals surface area contributed by atoms with Crippen LogP contribution in [-0.4, -0.2) is 98.2 Å². The number of carboxylic acids is 1. The van der Waals surface area contributed by atoms with E-state index in [0.717, 1.165) is 80.4 Å². The van der Waals surface area contributed by atoms with E-state index in [-0.39, 0.29) is 18.7 Å². The van der Waals surface area contributed by atoms with Gasteiger partial charge in [-0.15, -0.1) is 20.4 Å². The van der Waals surface area contributed by atoms with Crippen molar-refractivity contribution in [2.24, 2.45) is 11.8 Å². The van der Waals surface area contributed by atoms with Crippen LogP contribution in [0.25, 0.3) is 0 Å². The van der Waals surface area contributed by atoms with E-state index in [1.807, 2.05) is 66.7 Å². The van der Waals surface area contributed by atoms with Gasteiger partial charge in [-0.2, -0.15) is 20.4 Å². The summed E-state index contributed by atoms with van der Waals surface area (Å²) in [4.78, 5) is 27.2. The third kappa shape index (κ3) is 13.4. The molecule has 8 rings (SSSR count). The van der Waals surface area contributed by atoms with Crippen molar-refractivity contribution in [2.75, 3.05) is 61.2 Å². The van der Waals surface area contributed by atoms with Crippen LogP contribution in [0.15, 0.2) is 109 Å². The summed E-state index contributed by atoms with van der Waals surface area (Å²) >= 11 is 0. The van der Waals surface area contributed by atoms with E-state index in [9.17, 15) is 9.59 Å². The Hall–Kier alpha value is -7.30. The molecule has 2 aromatic carbocycles. The number of benzene rings is 2. The lowest BCUT2D eigenvalue weighted by Crippen LogP contribution is -2.22. The molecule has 4 N–H and O–H groups in total. The fraction of sp³-hybridized carbons (Fsp3) is 0.318. The van der Waals surface area contributed by atoms with Crippen LogP contribution in [0.3, 0.4) is 0 Å². The number of hydrogen-bond acceptors (Lipinski definition) is 15. The van der Waals surface area contributed by atoms with Crippen LogP contribution in [0.1, 0.15) is 35.4 Å². The van der Waals surface area contributed by atoms with E-state index < -0.39 is 5.97 Å². The number of amides is 1. The Morgan fingerprint density at radius 3 is 1.64 bits per heavy atom. The fourth-order valence-electron chi connectivity index (χ4n) is 7.18. The minimum Gasteiger partial charge on any atom is -0.496 e. The summed E-state index contributed by atoms with van der Waals surface area (Å²) in [6.07, 6.45) is 7.71. The number of rotatable bonds is 13. The number of nitrogens with zero attached hydrogens (tertiary/aromatic N) is 10. The molecule has 17 nitrogen and oxygen atoms in total. The topological polar surface area (TPSA) is 220 Å². The third-order valence-electron chi connectivity index (χ3n) is 10.1. The smallest absolute Gasteiger partial charge is 0.307 e. The maximum atomic E-state index is 12.4. The first-order chi connectivity index (χ1) is 29.8. The molecule has 0 saturated carbocycles. The van der Waals surface area contributed by atoms with E-state index in [4.69, 9.17) is 20.3 Å². The van der Waals surface area contributed by atoms with E-state index in [0.29, 0.717) is 40.5 Å². The zero-order valence-corrected chi connectivity index (χ0v) is 34.2. The predicted octanol–water partition coefficient (Wildman–Crippen LogP) is 4.77. The van der Waals surface area contributed by atoms with Crippen molar-refractivity contribution in [1.82, 2.24) is 40.8 Å². The molecule has 61 heavy (non-hydrogen) atoms. The van der Waals surface area contributed by atoms with Crippen LogP contribution in [0, 0.1) is 11.8 Å². The van der Waals surface area contributed by atoms with Crippen molar-refractivity contribution < 1.29 is 24.2 Å². The first-order valence-corrected chi connectivity index (χ1v) is 20.0. The van der Waals surface area contributed by atoms with E-state index >= 15 is 0 Å². The van der Waals surface area contributed by atoms with Crippen LogP contribution in [0.5, 0.6) is 11.5 Å². The largest absolute Gasteiger partial charge is 0.496 e. The SMILES string of the molecule is COc1ccccc1CC(=O)Nc1ccc(N2CC[C@@H](Cc3cccnn3)C2)nn1.COc1ccccc1CC(=O)O.Nc1ccc(N2CC[C@@H](Cc3cccnn3)C2)nn1. The van der Waals surface area contributed by atoms with Gasteiger partial charge in [0.2, 0.25) is 5.91 Å².